The number of aliphatic hydroxyl groups is 1. The minimum absolute atomic E-state index is 0.246. The van der Waals surface area contributed by atoms with E-state index in [1.165, 1.54) is 13.0 Å². The molecule has 1 rings (SSSR count). The summed E-state index contributed by atoms with van der Waals surface area (Å²) >= 11 is 0. The largest absolute Gasteiger partial charge is 0.478 e. The molecule has 1 aromatic carbocycles. The van der Waals surface area contributed by atoms with E-state index in [1.54, 1.807) is 25.1 Å². The van der Waals surface area contributed by atoms with Crippen LogP contribution in [0.4, 0.5) is 0 Å². The lowest BCUT2D eigenvalue weighted by Crippen LogP contribution is -2.26. The lowest BCUT2D eigenvalue weighted by atomic mass is 10.1. The van der Waals surface area contributed by atoms with Crippen molar-refractivity contribution in [3.05, 3.63) is 29.8 Å². The molecule has 0 bridgehead atoms. The fourth-order valence-corrected chi connectivity index (χ4v) is 1.38. The predicted molar refractivity (Wildman–Crippen MR) is 64.6 cm³/mol. The third-order valence-corrected chi connectivity index (χ3v) is 2.25. The van der Waals surface area contributed by atoms with Gasteiger partial charge in [-0.1, -0.05) is 12.1 Å². The predicted octanol–water partition coefficient (Wildman–Crippen LogP) is 1.19. The third kappa shape index (κ3) is 3.56. The Morgan fingerprint density at radius 3 is 2.61 bits per heavy atom. The van der Waals surface area contributed by atoms with Crippen molar-refractivity contribution in [1.82, 2.24) is 0 Å². The second-order valence-corrected chi connectivity index (χ2v) is 3.59. The number of carbonyl (C=O) groups excluding carboxylic acids is 2. The fraction of sp³-hybridized carbons (Fsp3) is 0.385. The molecule has 0 spiro atoms. The highest BCUT2D eigenvalue weighted by molar-refractivity contribution is 5.99. The number of Topliss-reactive ketones (excluding diaryl/α,β-unsaturated/α-hetero) is 1. The molecule has 0 aliphatic carbocycles. The minimum atomic E-state index is -0.808. The Morgan fingerprint density at radius 1 is 1.33 bits per heavy atom. The third-order valence-electron chi connectivity index (χ3n) is 2.25. The van der Waals surface area contributed by atoms with E-state index in [2.05, 4.69) is 0 Å². The van der Waals surface area contributed by atoms with Gasteiger partial charge in [0.2, 0.25) is 0 Å². The number of hydrogen-bond acceptors (Lipinski definition) is 5. The van der Waals surface area contributed by atoms with Crippen molar-refractivity contribution in [1.29, 1.82) is 0 Å². The molecule has 0 aliphatic rings. The average molecular weight is 252 g/mol. The van der Waals surface area contributed by atoms with Crippen LogP contribution in [0, 0.1) is 0 Å². The molecule has 5 nitrogen and oxygen atoms in total. The molecule has 0 radical (unpaired) electrons. The first-order valence-electron chi connectivity index (χ1n) is 5.66. The number of ketones is 1. The van der Waals surface area contributed by atoms with Gasteiger partial charge in [0.1, 0.15) is 12.4 Å². The van der Waals surface area contributed by atoms with Crippen LogP contribution in [0.15, 0.2) is 24.3 Å². The number of hydrogen-bond donors (Lipinski definition) is 1. The number of esters is 1. The smallest absolute Gasteiger partial charge is 0.347 e. The highest BCUT2D eigenvalue weighted by Crippen LogP contribution is 2.20. The van der Waals surface area contributed by atoms with E-state index in [0.717, 1.165) is 0 Å². The van der Waals surface area contributed by atoms with Crippen molar-refractivity contribution >= 4 is 11.8 Å². The first-order chi connectivity index (χ1) is 8.60. The first kappa shape index (κ1) is 14.2. The second kappa shape index (κ2) is 6.76. The van der Waals surface area contributed by atoms with Crippen molar-refractivity contribution in [3.8, 4) is 5.75 Å². The molecule has 18 heavy (non-hydrogen) atoms. The zero-order valence-electron chi connectivity index (χ0n) is 10.4. The Hall–Kier alpha value is -1.88. The van der Waals surface area contributed by atoms with E-state index in [1.807, 2.05) is 0 Å². The summed E-state index contributed by atoms with van der Waals surface area (Å²) in [5.74, 6) is -0.692. The van der Waals surface area contributed by atoms with Crippen molar-refractivity contribution in [2.24, 2.45) is 0 Å². The monoisotopic (exact) mass is 252 g/mol. The topological polar surface area (TPSA) is 72.8 Å². The number of aliphatic hydroxyl groups excluding tert-OH is 1. The SMILES string of the molecule is CCOC(=O)C(C)Oc1ccccc1C(=O)CO. The van der Waals surface area contributed by atoms with Crippen LogP contribution in [-0.4, -0.2) is 36.2 Å². The van der Waals surface area contributed by atoms with E-state index in [0.29, 0.717) is 0 Å². The second-order valence-electron chi connectivity index (χ2n) is 3.59. The molecular formula is C13H16O5. The minimum Gasteiger partial charge on any atom is -0.478 e. The van der Waals surface area contributed by atoms with Crippen LogP contribution in [0.25, 0.3) is 0 Å². The van der Waals surface area contributed by atoms with Crippen molar-refractivity contribution in [2.45, 2.75) is 20.0 Å². The summed E-state index contributed by atoms with van der Waals surface area (Å²) in [5.41, 5.74) is 0.246. The lowest BCUT2D eigenvalue weighted by Gasteiger charge is -2.15. The van der Waals surface area contributed by atoms with Crippen LogP contribution < -0.4 is 4.74 Å². The summed E-state index contributed by atoms with van der Waals surface area (Å²) in [6.45, 7) is 2.91. The Labute approximate surface area is 105 Å². The molecule has 0 fully saturated rings. The highest BCUT2D eigenvalue weighted by Gasteiger charge is 2.19. The molecule has 1 atom stereocenters. The number of carbonyl (C=O) groups is 2. The van der Waals surface area contributed by atoms with Crippen LogP contribution in [0.2, 0.25) is 0 Å². The molecule has 0 heterocycles. The molecular weight excluding hydrogens is 236 g/mol. The molecule has 0 aliphatic heterocycles. The Balaban J connectivity index is 2.84. The summed E-state index contributed by atoms with van der Waals surface area (Å²) < 4.78 is 10.2. The lowest BCUT2D eigenvalue weighted by molar-refractivity contribution is -0.150. The van der Waals surface area contributed by atoms with Gasteiger partial charge in [-0.25, -0.2) is 4.79 Å². The van der Waals surface area contributed by atoms with Crippen LogP contribution >= 0.6 is 0 Å². The van der Waals surface area contributed by atoms with E-state index in [-0.39, 0.29) is 17.9 Å². The molecule has 0 aromatic heterocycles. The summed E-state index contributed by atoms with van der Waals surface area (Å²) in [6.07, 6.45) is -0.808. The normalized spacial score (nSPS) is 11.7. The van der Waals surface area contributed by atoms with E-state index in [9.17, 15) is 9.59 Å². The first-order valence-corrected chi connectivity index (χ1v) is 5.66. The van der Waals surface area contributed by atoms with Gasteiger partial charge in [0, 0.05) is 0 Å². The van der Waals surface area contributed by atoms with Crippen LogP contribution in [0.5, 0.6) is 5.75 Å². The van der Waals surface area contributed by atoms with Crippen molar-refractivity contribution in [2.75, 3.05) is 13.2 Å². The highest BCUT2D eigenvalue weighted by atomic mass is 16.6. The van der Waals surface area contributed by atoms with E-state index < -0.39 is 24.5 Å². The van der Waals surface area contributed by atoms with Crippen LogP contribution in [-0.2, 0) is 9.53 Å². The number of benzene rings is 1. The number of rotatable bonds is 6. The molecule has 0 amide bonds. The number of para-hydroxylation sites is 1. The molecule has 5 heteroatoms. The standard InChI is InChI=1S/C13H16O5/c1-3-17-13(16)9(2)18-12-7-5-4-6-10(12)11(15)8-14/h4-7,9,14H,3,8H2,1-2H3. The molecule has 0 saturated carbocycles. The van der Waals surface area contributed by atoms with E-state index >= 15 is 0 Å². The Kier molecular flexibility index (Phi) is 5.32. The van der Waals surface area contributed by atoms with Gasteiger partial charge in [0.25, 0.3) is 0 Å². The Bertz CT molecular complexity index is 427. The van der Waals surface area contributed by atoms with Gasteiger partial charge < -0.3 is 14.6 Å². The molecule has 0 saturated heterocycles. The van der Waals surface area contributed by atoms with Gasteiger partial charge >= 0.3 is 5.97 Å². The van der Waals surface area contributed by atoms with Crippen LogP contribution in [0.3, 0.4) is 0 Å². The van der Waals surface area contributed by atoms with E-state index in [4.69, 9.17) is 14.6 Å². The Morgan fingerprint density at radius 2 is 2.00 bits per heavy atom. The summed E-state index contributed by atoms with van der Waals surface area (Å²) in [6, 6.07) is 6.44. The molecule has 1 unspecified atom stereocenters. The van der Waals surface area contributed by atoms with Gasteiger partial charge in [0.15, 0.2) is 11.9 Å². The zero-order chi connectivity index (χ0) is 13.5. The maximum atomic E-state index is 11.5. The van der Waals surface area contributed by atoms with Gasteiger partial charge in [-0.05, 0) is 26.0 Å². The van der Waals surface area contributed by atoms with Gasteiger partial charge in [-0.3, -0.25) is 4.79 Å². The van der Waals surface area contributed by atoms with Gasteiger partial charge in [0.05, 0.1) is 12.2 Å². The molecule has 1 N–H and O–H groups in total. The summed E-state index contributed by atoms with van der Waals surface area (Å²) in [5, 5.41) is 8.84. The molecule has 1 aromatic rings. The quantitative estimate of drug-likeness (QED) is 0.608. The maximum absolute atomic E-state index is 11.5. The summed E-state index contributed by atoms with van der Waals surface area (Å²) in [4.78, 5) is 22.9. The fourth-order valence-electron chi connectivity index (χ4n) is 1.38. The number of ether oxygens (including phenoxy) is 2. The zero-order valence-corrected chi connectivity index (χ0v) is 10.4. The van der Waals surface area contributed by atoms with Gasteiger partial charge in [-0.15, -0.1) is 0 Å². The average Bonchev–Trinajstić information content (AvgIpc) is 2.38. The van der Waals surface area contributed by atoms with Gasteiger partial charge in [-0.2, -0.15) is 0 Å². The van der Waals surface area contributed by atoms with Crippen LogP contribution in [0.1, 0.15) is 24.2 Å². The molecule has 98 valence electrons. The van der Waals surface area contributed by atoms with Crippen molar-refractivity contribution in [3.63, 3.8) is 0 Å². The van der Waals surface area contributed by atoms with Crippen molar-refractivity contribution < 1.29 is 24.2 Å². The summed E-state index contributed by atoms with van der Waals surface area (Å²) in [7, 11) is 0. The maximum Gasteiger partial charge on any atom is 0.347 e.